The van der Waals surface area contributed by atoms with Crippen molar-refractivity contribution in [2.75, 3.05) is 25.0 Å². The summed E-state index contributed by atoms with van der Waals surface area (Å²) in [5, 5.41) is 6.03. The van der Waals surface area contributed by atoms with E-state index in [-0.39, 0.29) is 17.8 Å². The summed E-state index contributed by atoms with van der Waals surface area (Å²) in [6, 6.07) is 10.2. The standard InChI is InChI=1S/C19H22FN3O2/c20-17-6-2-1-4-14(17)9-10-21-15-7-8-18(22-12-15)19(24)23-13-16-5-3-11-25-16/h1-2,4,6-8,12,16,21H,3,5,9-11,13H2,(H,23,24). The maximum absolute atomic E-state index is 13.5. The molecule has 6 heteroatoms. The van der Waals surface area contributed by atoms with Gasteiger partial charge in [0.05, 0.1) is 18.0 Å². The third kappa shape index (κ3) is 5.00. The van der Waals surface area contributed by atoms with Crippen molar-refractivity contribution < 1.29 is 13.9 Å². The molecule has 3 rings (SSSR count). The number of nitrogens with one attached hydrogen (secondary N) is 2. The highest BCUT2D eigenvalue weighted by Gasteiger charge is 2.17. The van der Waals surface area contributed by atoms with Gasteiger partial charge in [-0.25, -0.2) is 9.37 Å². The Kier molecular flexibility index (Phi) is 5.95. The first-order chi connectivity index (χ1) is 12.2. The molecule has 0 radical (unpaired) electrons. The van der Waals surface area contributed by atoms with Crippen LogP contribution < -0.4 is 10.6 Å². The second-order valence-electron chi connectivity index (χ2n) is 6.05. The Morgan fingerprint density at radius 1 is 1.28 bits per heavy atom. The quantitative estimate of drug-likeness (QED) is 0.811. The van der Waals surface area contributed by atoms with E-state index in [1.54, 1.807) is 30.5 Å². The lowest BCUT2D eigenvalue weighted by Gasteiger charge is -2.11. The highest BCUT2D eigenvalue weighted by molar-refractivity contribution is 5.92. The van der Waals surface area contributed by atoms with Crippen molar-refractivity contribution >= 4 is 11.6 Å². The van der Waals surface area contributed by atoms with Crippen LogP contribution in [0.25, 0.3) is 0 Å². The van der Waals surface area contributed by atoms with Crippen molar-refractivity contribution in [3.05, 3.63) is 59.7 Å². The van der Waals surface area contributed by atoms with Gasteiger partial charge in [-0.3, -0.25) is 4.79 Å². The number of carbonyl (C=O) groups excluding carboxylic acids is 1. The number of hydrogen-bond donors (Lipinski definition) is 2. The van der Waals surface area contributed by atoms with Crippen molar-refractivity contribution in [1.29, 1.82) is 0 Å². The van der Waals surface area contributed by atoms with E-state index < -0.39 is 0 Å². The average molecular weight is 343 g/mol. The minimum absolute atomic E-state index is 0.114. The molecule has 1 aromatic heterocycles. The summed E-state index contributed by atoms with van der Waals surface area (Å²) in [6.45, 7) is 1.88. The summed E-state index contributed by atoms with van der Waals surface area (Å²) in [4.78, 5) is 16.2. The fraction of sp³-hybridized carbons (Fsp3) is 0.368. The van der Waals surface area contributed by atoms with E-state index in [0.29, 0.717) is 30.8 Å². The lowest BCUT2D eigenvalue weighted by Crippen LogP contribution is -2.32. The number of hydrogen-bond acceptors (Lipinski definition) is 4. The Hall–Kier alpha value is -2.47. The number of anilines is 1. The van der Waals surface area contributed by atoms with Crippen LogP contribution in [0, 0.1) is 5.82 Å². The molecule has 0 bridgehead atoms. The fourth-order valence-electron chi connectivity index (χ4n) is 2.78. The number of carbonyl (C=O) groups is 1. The van der Waals surface area contributed by atoms with Crippen molar-refractivity contribution in [1.82, 2.24) is 10.3 Å². The largest absolute Gasteiger partial charge is 0.383 e. The highest BCUT2D eigenvalue weighted by atomic mass is 19.1. The Balaban J connectivity index is 1.45. The number of amides is 1. The first kappa shape index (κ1) is 17.4. The summed E-state index contributed by atoms with van der Waals surface area (Å²) < 4.78 is 19.0. The van der Waals surface area contributed by atoms with Crippen molar-refractivity contribution in [2.24, 2.45) is 0 Å². The summed E-state index contributed by atoms with van der Waals surface area (Å²) in [7, 11) is 0. The van der Waals surface area contributed by atoms with Gasteiger partial charge in [-0.05, 0) is 43.0 Å². The van der Waals surface area contributed by atoms with Gasteiger partial charge in [0.2, 0.25) is 0 Å². The number of ether oxygens (including phenoxy) is 1. The van der Waals surface area contributed by atoms with Crippen molar-refractivity contribution in [3.63, 3.8) is 0 Å². The molecule has 1 aromatic carbocycles. The van der Waals surface area contributed by atoms with Crippen molar-refractivity contribution in [2.45, 2.75) is 25.4 Å². The molecule has 1 unspecified atom stereocenters. The maximum Gasteiger partial charge on any atom is 0.269 e. The predicted octanol–water partition coefficient (Wildman–Crippen LogP) is 2.78. The van der Waals surface area contributed by atoms with Crippen LogP contribution in [0.1, 0.15) is 28.9 Å². The van der Waals surface area contributed by atoms with Gasteiger partial charge in [0.25, 0.3) is 5.91 Å². The molecule has 1 amide bonds. The first-order valence-electron chi connectivity index (χ1n) is 8.55. The molecule has 25 heavy (non-hydrogen) atoms. The molecular weight excluding hydrogens is 321 g/mol. The van der Waals surface area contributed by atoms with E-state index in [4.69, 9.17) is 4.74 Å². The number of rotatable bonds is 7. The summed E-state index contributed by atoms with van der Waals surface area (Å²) >= 11 is 0. The SMILES string of the molecule is O=C(NCC1CCCO1)c1ccc(NCCc2ccccc2F)cn1. The zero-order chi connectivity index (χ0) is 17.5. The molecule has 0 spiro atoms. The molecule has 1 atom stereocenters. The first-order valence-corrected chi connectivity index (χ1v) is 8.55. The van der Waals surface area contributed by atoms with E-state index in [1.807, 2.05) is 6.07 Å². The maximum atomic E-state index is 13.5. The lowest BCUT2D eigenvalue weighted by molar-refractivity contribution is 0.0854. The van der Waals surface area contributed by atoms with Crippen LogP contribution in [0.2, 0.25) is 0 Å². The number of aromatic nitrogens is 1. The number of nitrogens with zero attached hydrogens (tertiary/aromatic N) is 1. The van der Waals surface area contributed by atoms with Crippen LogP contribution in [0.4, 0.5) is 10.1 Å². The second kappa shape index (κ2) is 8.58. The van der Waals surface area contributed by atoms with Gasteiger partial charge in [-0.2, -0.15) is 0 Å². The minimum Gasteiger partial charge on any atom is -0.383 e. The van der Waals surface area contributed by atoms with E-state index >= 15 is 0 Å². The molecule has 0 saturated carbocycles. The predicted molar refractivity (Wildman–Crippen MR) is 94.1 cm³/mol. The Bertz CT molecular complexity index is 700. The van der Waals surface area contributed by atoms with Crippen LogP contribution in [0.3, 0.4) is 0 Å². The van der Waals surface area contributed by atoms with Crippen molar-refractivity contribution in [3.8, 4) is 0 Å². The number of pyridine rings is 1. The Labute approximate surface area is 146 Å². The third-order valence-electron chi connectivity index (χ3n) is 4.19. The van der Waals surface area contributed by atoms with Gasteiger partial charge in [0.1, 0.15) is 11.5 Å². The van der Waals surface area contributed by atoms with Crippen LogP contribution >= 0.6 is 0 Å². The molecule has 2 N–H and O–H groups in total. The molecule has 2 aromatic rings. The average Bonchev–Trinajstić information content (AvgIpc) is 3.15. The van der Waals surface area contributed by atoms with Gasteiger partial charge in [-0.1, -0.05) is 18.2 Å². The Morgan fingerprint density at radius 2 is 2.16 bits per heavy atom. The van der Waals surface area contributed by atoms with E-state index in [0.717, 1.165) is 25.1 Å². The molecule has 1 aliphatic rings. The molecule has 0 aliphatic carbocycles. The van der Waals surface area contributed by atoms with Gasteiger partial charge < -0.3 is 15.4 Å². The smallest absolute Gasteiger partial charge is 0.269 e. The van der Waals surface area contributed by atoms with Gasteiger partial charge in [0, 0.05) is 19.7 Å². The monoisotopic (exact) mass is 343 g/mol. The number of benzene rings is 1. The summed E-state index contributed by atoms with van der Waals surface area (Å²) in [5.41, 5.74) is 1.85. The van der Waals surface area contributed by atoms with Crippen LogP contribution in [0.15, 0.2) is 42.6 Å². The third-order valence-corrected chi connectivity index (χ3v) is 4.19. The van der Waals surface area contributed by atoms with Gasteiger partial charge in [0.15, 0.2) is 0 Å². The second-order valence-corrected chi connectivity index (χ2v) is 6.05. The highest BCUT2D eigenvalue weighted by Crippen LogP contribution is 2.12. The minimum atomic E-state index is -0.201. The van der Waals surface area contributed by atoms with E-state index in [2.05, 4.69) is 15.6 Å². The van der Waals surface area contributed by atoms with Crippen LogP contribution in [-0.4, -0.2) is 36.7 Å². The van der Waals surface area contributed by atoms with E-state index in [9.17, 15) is 9.18 Å². The van der Waals surface area contributed by atoms with Gasteiger partial charge in [-0.15, -0.1) is 0 Å². The topological polar surface area (TPSA) is 63.2 Å². The molecule has 1 aliphatic heterocycles. The lowest BCUT2D eigenvalue weighted by atomic mass is 10.1. The Morgan fingerprint density at radius 3 is 2.88 bits per heavy atom. The molecule has 1 saturated heterocycles. The zero-order valence-electron chi connectivity index (χ0n) is 14.0. The van der Waals surface area contributed by atoms with Gasteiger partial charge >= 0.3 is 0 Å². The molecule has 132 valence electrons. The molecule has 5 nitrogen and oxygen atoms in total. The normalized spacial score (nSPS) is 16.6. The molecular formula is C19H22FN3O2. The fourth-order valence-corrected chi connectivity index (χ4v) is 2.78. The summed E-state index contributed by atoms with van der Waals surface area (Å²) in [6.07, 6.45) is 4.34. The molecule has 2 heterocycles. The summed E-state index contributed by atoms with van der Waals surface area (Å²) in [5.74, 6) is -0.394. The molecule has 1 fully saturated rings. The zero-order valence-corrected chi connectivity index (χ0v) is 14.0. The number of halogens is 1. The van der Waals surface area contributed by atoms with Crippen LogP contribution in [-0.2, 0) is 11.2 Å². The van der Waals surface area contributed by atoms with Crippen LogP contribution in [0.5, 0.6) is 0 Å². The van der Waals surface area contributed by atoms with E-state index in [1.165, 1.54) is 6.07 Å².